The second-order valence-electron chi connectivity index (χ2n) is 5.57. The molecule has 2 fully saturated rings. The highest BCUT2D eigenvalue weighted by Crippen LogP contribution is 2.56. The van der Waals surface area contributed by atoms with Gasteiger partial charge in [-0.2, -0.15) is 0 Å². The summed E-state index contributed by atoms with van der Waals surface area (Å²) in [5.41, 5.74) is 0.573. The van der Waals surface area contributed by atoms with Crippen molar-refractivity contribution in [2.45, 2.75) is 60.6 Å². The molecule has 1 spiro atoms. The summed E-state index contributed by atoms with van der Waals surface area (Å²) in [6, 6.07) is 0. The second-order valence-corrected chi connectivity index (χ2v) is 10.0. The summed E-state index contributed by atoms with van der Waals surface area (Å²) >= 11 is 12.7. The van der Waals surface area contributed by atoms with Crippen molar-refractivity contribution in [3.63, 3.8) is 0 Å². The first kappa shape index (κ1) is 12.9. The summed E-state index contributed by atoms with van der Waals surface area (Å²) in [5, 5.41) is 0. The Bertz CT molecular complexity index is 201. The van der Waals surface area contributed by atoms with Crippen LogP contribution in [0.2, 0.25) is 0 Å². The molecular weight excluding hydrogens is 265 g/mol. The zero-order valence-corrected chi connectivity index (χ0v) is 12.9. The van der Waals surface area contributed by atoms with Crippen molar-refractivity contribution in [1.82, 2.24) is 0 Å². The lowest BCUT2D eigenvalue weighted by atomic mass is 9.65. The van der Waals surface area contributed by atoms with Gasteiger partial charge in [0.2, 0.25) is 0 Å². The van der Waals surface area contributed by atoms with Crippen molar-refractivity contribution in [2.24, 2.45) is 5.41 Å². The molecule has 0 nitrogen and oxygen atoms in total. The Balaban J connectivity index is 1.95. The summed E-state index contributed by atoms with van der Waals surface area (Å²) in [4.78, 5) is 0. The normalized spacial score (nSPS) is 52.0. The standard InChI is InChI=1S/C11H20Cl2P2/c12-10(14)5-1-9(2-6-10)3-7-11(13,15)8-4-9/h1-8,14-15H2. The molecule has 0 saturated heterocycles. The van der Waals surface area contributed by atoms with Crippen LogP contribution in [0.3, 0.4) is 0 Å². The van der Waals surface area contributed by atoms with Crippen LogP contribution in [0.25, 0.3) is 0 Å². The van der Waals surface area contributed by atoms with Crippen LogP contribution in [0.5, 0.6) is 0 Å². The average molecular weight is 285 g/mol. The third-order valence-corrected chi connectivity index (χ3v) is 6.19. The third kappa shape index (κ3) is 3.22. The highest BCUT2D eigenvalue weighted by Gasteiger charge is 2.43. The van der Waals surface area contributed by atoms with Gasteiger partial charge >= 0.3 is 0 Å². The maximum atomic E-state index is 6.36. The molecule has 0 bridgehead atoms. The molecule has 2 saturated carbocycles. The Labute approximate surface area is 108 Å². The second kappa shape index (κ2) is 4.28. The molecule has 2 aliphatic rings. The van der Waals surface area contributed by atoms with Gasteiger partial charge in [-0.05, 0) is 56.8 Å². The molecule has 2 unspecified atom stereocenters. The zero-order chi connectivity index (χ0) is 11.2. The van der Waals surface area contributed by atoms with Gasteiger partial charge in [-0.3, -0.25) is 0 Å². The first-order chi connectivity index (χ1) is 6.83. The number of alkyl halides is 2. The van der Waals surface area contributed by atoms with Gasteiger partial charge in [0.1, 0.15) is 0 Å². The smallest absolute Gasteiger partial charge is 0.0584 e. The van der Waals surface area contributed by atoms with E-state index in [0.717, 1.165) is 25.7 Å². The molecule has 0 aromatic heterocycles. The van der Waals surface area contributed by atoms with Crippen LogP contribution in [0.1, 0.15) is 51.4 Å². The largest absolute Gasteiger partial charge is 0.115 e. The molecule has 88 valence electrons. The molecule has 4 heteroatoms. The predicted octanol–water partition coefficient (Wildman–Crippen LogP) is 4.74. The van der Waals surface area contributed by atoms with E-state index < -0.39 is 0 Å². The van der Waals surface area contributed by atoms with E-state index in [1.165, 1.54) is 25.7 Å². The first-order valence-corrected chi connectivity index (χ1v) is 7.69. The van der Waals surface area contributed by atoms with Gasteiger partial charge in [0.05, 0.1) is 9.23 Å². The fourth-order valence-electron chi connectivity index (χ4n) is 2.89. The highest BCUT2D eigenvalue weighted by atomic mass is 35.5. The van der Waals surface area contributed by atoms with E-state index in [2.05, 4.69) is 18.5 Å². The third-order valence-electron chi connectivity index (χ3n) is 4.28. The van der Waals surface area contributed by atoms with E-state index in [-0.39, 0.29) is 9.23 Å². The van der Waals surface area contributed by atoms with Crippen molar-refractivity contribution in [2.75, 3.05) is 0 Å². The molecule has 2 atom stereocenters. The summed E-state index contributed by atoms with van der Waals surface area (Å²) in [5.74, 6) is 0. The van der Waals surface area contributed by atoms with E-state index in [4.69, 9.17) is 23.2 Å². The molecule has 0 aromatic carbocycles. The van der Waals surface area contributed by atoms with Crippen LogP contribution in [0, 0.1) is 5.41 Å². The average Bonchev–Trinajstić information content (AvgIpc) is 2.15. The Morgan fingerprint density at radius 3 is 1.13 bits per heavy atom. The Morgan fingerprint density at radius 1 is 0.600 bits per heavy atom. The molecule has 2 rings (SSSR count). The van der Waals surface area contributed by atoms with Crippen LogP contribution in [0.4, 0.5) is 0 Å². The molecular formula is C11H20Cl2P2. The van der Waals surface area contributed by atoms with Gasteiger partial charge in [0, 0.05) is 0 Å². The molecule has 0 aromatic rings. The minimum absolute atomic E-state index is 0.0122. The minimum atomic E-state index is -0.0122. The number of rotatable bonds is 0. The molecule has 0 N–H and O–H groups in total. The Kier molecular flexibility index (Phi) is 3.67. The fourth-order valence-corrected chi connectivity index (χ4v) is 3.85. The van der Waals surface area contributed by atoms with E-state index >= 15 is 0 Å². The van der Waals surface area contributed by atoms with Gasteiger partial charge in [-0.15, -0.1) is 41.7 Å². The van der Waals surface area contributed by atoms with E-state index in [1.807, 2.05) is 0 Å². The number of hydrogen-bond acceptors (Lipinski definition) is 0. The lowest BCUT2D eigenvalue weighted by Crippen LogP contribution is -2.37. The fraction of sp³-hybridized carbons (Fsp3) is 1.00. The van der Waals surface area contributed by atoms with Crippen LogP contribution in [-0.2, 0) is 0 Å². The molecule has 0 amide bonds. The van der Waals surface area contributed by atoms with Crippen molar-refractivity contribution in [1.29, 1.82) is 0 Å². The van der Waals surface area contributed by atoms with Gasteiger partial charge in [-0.25, -0.2) is 0 Å². The van der Waals surface area contributed by atoms with Gasteiger partial charge < -0.3 is 0 Å². The number of halogens is 2. The van der Waals surface area contributed by atoms with Crippen LogP contribution in [-0.4, -0.2) is 9.23 Å². The topological polar surface area (TPSA) is 0 Å². The van der Waals surface area contributed by atoms with Gasteiger partial charge in [-0.1, -0.05) is 0 Å². The SMILES string of the molecule is PC1(Cl)CCC2(CC1)CCC(P)(Cl)CC2. The van der Waals surface area contributed by atoms with Crippen LogP contribution >= 0.6 is 41.7 Å². The molecule has 0 radical (unpaired) electrons. The van der Waals surface area contributed by atoms with Crippen molar-refractivity contribution >= 4 is 41.7 Å². The maximum Gasteiger partial charge on any atom is 0.0584 e. The Morgan fingerprint density at radius 2 is 0.867 bits per heavy atom. The van der Waals surface area contributed by atoms with Crippen LogP contribution < -0.4 is 0 Å². The molecule has 0 heterocycles. The summed E-state index contributed by atoms with van der Waals surface area (Å²) in [7, 11) is 5.63. The maximum absolute atomic E-state index is 6.36. The summed E-state index contributed by atoms with van der Waals surface area (Å²) < 4.78 is -0.0244. The van der Waals surface area contributed by atoms with Crippen molar-refractivity contribution in [3.8, 4) is 0 Å². The summed E-state index contributed by atoms with van der Waals surface area (Å²) in [6.07, 6.45) is 9.73. The summed E-state index contributed by atoms with van der Waals surface area (Å²) in [6.45, 7) is 0. The van der Waals surface area contributed by atoms with Crippen LogP contribution in [0.15, 0.2) is 0 Å². The highest BCUT2D eigenvalue weighted by molar-refractivity contribution is 7.23. The monoisotopic (exact) mass is 284 g/mol. The van der Waals surface area contributed by atoms with Gasteiger partial charge in [0.15, 0.2) is 0 Å². The quantitative estimate of drug-likeness (QED) is 0.445. The van der Waals surface area contributed by atoms with Crippen molar-refractivity contribution in [3.05, 3.63) is 0 Å². The van der Waals surface area contributed by atoms with E-state index in [0.29, 0.717) is 5.41 Å². The molecule has 2 aliphatic carbocycles. The molecule has 0 aliphatic heterocycles. The minimum Gasteiger partial charge on any atom is -0.115 e. The van der Waals surface area contributed by atoms with E-state index in [1.54, 1.807) is 0 Å². The zero-order valence-electron chi connectivity index (χ0n) is 9.07. The lowest BCUT2D eigenvalue weighted by molar-refractivity contribution is 0.118. The predicted molar refractivity (Wildman–Crippen MR) is 76.0 cm³/mol. The lowest BCUT2D eigenvalue weighted by Gasteiger charge is -2.47. The van der Waals surface area contributed by atoms with Crippen molar-refractivity contribution < 1.29 is 0 Å². The van der Waals surface area contributed by atoms with E-state index in [9.17, 15) is 0 Å². The Hall–Kier alpha value is 1.44. The first-order valence-electron chi connectivity index (χ1n) is 5.78. The molecule has 15 heavy (non-hydrogen) atoms. The number of hydrogen-bond donors (Lipinski definition) is 0. The van der Waals surface area contributed by atoms with Gasteiger partial charge in [0.25, 0.3) is 0 Å².